The molecule has 3 aromatic rings. The largest absolute Gasteiger partial charge is 0.296 e. The molecule has 0 atom stereocenters. The summed E-state index contributed by atoms with van der Waals surface area (Å²) >= 11 is 13.4. The molecule has 23 heavy (non-hydrogen) atoms. The summed E-state index contributed by atoms with van der Waals surface area (Å²) in [6, 6.07) is 5.15. The van der Waals surface area contributed by atoms with Gasteiger partial charge < -0.3 is 0 Å². The van der Waals surface area contributed by atoms with Crippen molar-refractivity contribution in [3.8, 4) is 11.3 Å². The number of aryl methyl sites for hydroxylation is 1. The van der Waals surface area contributed by atoms with Gasteiger partial charge in [-0.15, -0.1) is 11.3 Å². The van der Waals surface area contributed by atoms with Crippen LogP contribution in [0.25, 0.3) is 11.3 Å². The van der Waals surface area contributed by atoms with Gasteiger partial charge in [0.25, 0.3) is 5.91 Å². The minimum absolute atomic E-state index is 0.230. The summed E-state index contributed by atoms with van der Waals surface area (Å²) in [6.45, 7) is 1.80. The fourth-order valence-electron chi connectivity index (χ4n) is 1.82. The van der Waals surface area contributed by atoms with E-state index in [9.17, 15) is 4.79 Å². The molecule has 0 saturated carbocycles. The van der Waals surface area contributed by atoms with Gasteiger partial charge in [-0.1, -0.05) is 23.2 Å². The SMILES string of the molecule is Cc1cnc(C(=O)Nc2nc(-c3cc(Cl)ccc3Cl)cs2)cn1. The fourth-order valence-corrected chi connectivity index (χ4v) is 2.91. The molecule has 0 unspecified atom stereocenters. The standard InChI is InChI=1S/C15H10Cl2N4OS/c1-8-5-19-12(6-18-8)14(22)21-15-20-13(7-23-15)10-4-9(16)2-3-11(10)17/h2-7H,1H3,(H,20,21,22). The van der Waals surface area contributed by atoms with Crippen LogP contribution in [0.1, 0.15) is 16.2 Å². The molecule has 1 amide bonds. The van der Waals surface area contributed by atoms with E-state index in [2.05, 4.69) is 20.3 Å². The van der Waals surface area contributed by atoms with Gasteiger partial charge in [0.1, 0.15) is 5.69 Å². The van der Waals surface area contributed by atoms with Crippen molar-refractivity contribution in [3.63, 3.8) is 0 Å². The van der Waals surface area contributed by atoms with E-state index in [-0.39, 0.29) is 11.6 Å². The molecule has 0 bridgehead atoms. The van der Waals surface area contributed by atoms with E-state index in [4.69, 9.17) is 23.2 Å². The third-order valence-electron chi connectivity index (χ3n) is 2.94. The maximum atomic E-state index is 12.1. The van der Waals surface area contributed by atoms with Crippen LogP contribution in [0.2, 0.25) is 10.0 Å². The van der Waals surface area contributed by atoms with Crippen molar-refractivity contribution in [2.24, 2.45) is 0 Å². The molecule has 0 radical (unpaired) electrons. The molecular weight excluding hydrogens is 355 g/mol. The highest BCUT2D eigenvalue weighted by atomic mass is 35.5. The number of hydrogen-bond acceptors (Lipinski definition) is 5. The summed E-state index contributed by atoms with van der Waals surface area (Å²) in [5, 5.41) is 6.05. The molecule has 3 rings (SSSR count). The highest BCUT2D eigenvalue weighted by Crippen LogP contribution is 2.32. The molecule has 116 valence electrons. The molecule has 1 aromatic carbocycles. The number of nitrogens with one attached hydrogen (secondary N) is 1. The number of rotatable bonds is 3. The number of hydrogen-bond donors (Lipinski definition) is 1. The molecule has 0 saturated heterocycles. The number of nitrogens with zero attached hydrogens (tertiary/aromatic N) is 3. The molecular formula is C15H10Cl2N4OS. The van der Waals surface area contributed by atoms with Gasteiger partial charge in [-0.2, -0.15) is 0 Å². The van der Waals surface area contributed by atoms with Gasteiger partial charge in [-0.25, -0.2) is 9.97 Å². The summed E-state index contributed by atoms with van der Waals surface area (Å²) in [7, 11) is 0. The lowest BCUT2D eigenvalue weighted by atomic mass is 10.2. The lowest BCUT2D eigenvalue weighted by Crippen LogP contribution is -2.13. The van der Waals surface area contributed by atoms with Gasteiger partial charge in [0, 0.05) is 22.2 Å². The van der Waals surface area contributed by atoms with E-state index >= 15 is 0 Å². The lowest BCUT2D eigenvalue weighted by Gasteiger charge is -2.02. The number of anilines is 1. The second-order valence-electron chi connectivity index (χ2n) is 4.66. The highest BCUT2D eigenvalue weighted by molar-refractivity contribution is 7.14. The maximum Gasteiger partial charge on any atom is 0.277 e. The van der Waals surface area contributed by atoms with Crippen LogP contribution in [0.4, 0.5) is 5.13 Å². The van der Waals surface area contributed by atoms with E-state index in [1.54, 1.807) is 30.5 Å². The quantitative estimate of drug-likeness (QED) is 0.744. The van der Waals surface area contributed by atoms with Crippen LogP contribution in [0, 0.1) is 6.92 Å². The topological polar surface area (TPSA) is 67.8 Å². The molecule has 8 heteroatoms. The van der Waals surface area contributed by atoms with Gasteiger partial charge in [-0.3, -0.25) is 15.1 Å². The molecule has 5 nitrogen and oxygen atoms in total. The zero-order chi connectivity index (χ0) is 16.4. The van der Waals surface area contributed by atoms with Gasteiger partial charge in [0.05, 0.1) is 22.6 Å². The Morgan fingerprint density at radius 1 is 1.22 bits per heavy atom. The first kappa shape index (κ1) is 15.9. The van der Waals surface area contributed by atoms with Crippen molar-refractivity contribution in [2.75, 3.05) is 5.32 Å². The Morgan fingerprint density at radius 2 is 2.04 bits per heavy atom. The zero-order valence-electron chi connectivity index (χ0n) is 11.9. The Hall–Kier alpha value is -2.02. The Morgan fingerprint density at radius 3 is 2.78 bits per heavy atom. The Labute approximate surface area is 146 Å². The van der Waals surface area contributed by atoms with Crippen molar-refractivity contribution in [1.82, 2.24) is 15.0 Å². The third-order valence-corrected chi connectivity index (χ3v) is 4.26. The normalized spacial score (nSPS) is 10.6. The smallest absolute Gasteiger partial charge is 0.277 e. The summed E-state index contributed by atoms with van der Waals surface area (Å²) in [5.74, 6) is -0.365. The number of carbonyl (C=O) groups excluding carboxylic acids is 1. The van der Waals surface area contributed by atoms with Crippen molar-refractivity contribution >= 4 is 45.6 Å². The van der Waals surface area contributed by atoms with E-state index in [0.29, 0.717) is 26.4 Å². The van der Waals surface area contributed by atoms with Gasteiger partial charge in [0.15, 0.2) is 5.13 Å². The average molecular weight is 365 g/mol. The van der Waals surface area contributed by atoms with E-state index < -0.39 is 0 Å². The first-order valence-corrected chi connectivity index (χ1v) is 8.17. The van der Waals surface area contributed by atoms with Crippen LogP contribution in [-0.2, 0) is 0 Å². The minimum atomic E-state index is -0.365. The number of carbonyl (C=O) groups is 1. The molecule has 0 aliphatic heterocycles. The molecule has 0 fully saturated rings. The Balaban J connectivity index is 1.81. The van der Waals surface area contributed by atoms with Crippen LogP contribution in [0.3, 0.4) is 0 Å². The van der Waals surface area contributed by atoms with Crippen molar-refractivity contribution in [1.29, 1.82) is 0 Å². The van der Waals surface area contributed by atoms with Crippen LogP contribution in [-0.4, -0.2) is 20.9 Å². The predicted octanol–water partition coefficient (Wildman–Crippen LogP) is 4.47. The molecule has 2 aromatic heterocycles. The van der Waals surface area contributed by atoms with Crippen LogP contribution in [0.5, 0.6) is 0 Å². The lowest BCUT2D eigenvalue weighted by molar-refractivity contribution is 0.102. The molecule has 2 heterocycles. The Kier molecular flexibility index (Phi) is 4.56. The maximum absolute atomic E-state index is 12.1. The monoisotopic (exact) mass is 364 g/mol. The molecule has 1 N–H and O–H groups in total. The number of halogens is 2. The van der Waals surface area contributed by atoms with E-state index in [1.165, 1.54) is 23.7 Å². The predicted molar refractivity (Wildman–Crippen MR) is 92.3 cm³/mol. The second kappa shape index (κ2) is 6.62. The van der Waals surface area contributed by atoms with Crippen molar-refractivity contribution < 1.29 is 4.79 Å². The first-order valence-electron chi connectivity index (χ1n) is 6.54. The number of benzene rings is 1. The number of aromatic nitrogens is 3. The minimum Gasteiger partial charge on any atom is -0.296 e. The van der Waals surface area contributed by atoms with E-state index in [1.807, 2.05) is 0 Å². The van der Waals surface area contributed by atoms with Crippen molar-refractivity contribution in [2.45, 2.75) is 6.92 Å². The van der Waals surface area contributed by atoms with Gasteiger partial charge in [0.2, 0.25) is 0 Å². The molecule has 0 aliphatic rings. The van der Waals surface area contributed by atoms with Crippen LogP contribution >= 0.6 is 34.5 Å². The molecule has 0 spiro atoms. The van der Waals surface area contributed by atoms with Crippen LogP contribution in [0.15, 0.2) is 36.0 Å². The number of amides is 1. The summed E-state index contributed by atoms with van der Waals surface area (Å²) in [6.07, 6.45) is 2.96. The second-order valence-corrected chi connectivity index (χ2v) is 6.36. The van der Waals surface area contributed by atoms with Gasteiger partial charge in [-0.05, 0) is 25.1 Å². The first-order chi connectivity index (χ1) is 11.0. The highest BCUT2D eigenvalue weighted by Gasteiger charge is 2.13. The fraction of sp³-hybridized carbons (Fsp3) is 0.0667. The third kappa shape index (κ3) is 3.67. The van der Waals surface area contributed by atoms with E-state index in [0.717, 1.165) is 5.69 Å². The zero-order valence-corrected chi connectivity index (χ0v) is 14.2. The molecule has 0 aliphatic carbocycles. The summed E-state index contributed by atoms with van der Waals surface area (Å²) in [4.78, 5) is 24.5. The van der Waals surface area contributed by atoms with Crippen LogP contribution < -0.4 is 5.32 Å². The average Bonchev–Trinajstić information content (AvgIpc) is 2.98. The van der Waals surface area contributed by atoms with Gasteiger partial charge >= 0.3 is 0 Å². The number of thiazole rings is 1. The Bertz CT molecular complexity index is 864. The summed E-state index contributed by atoms with van der Waals surface area (Å²) in [5.41, 5.74) is 2.33. The summed E-state index contributed by atoms with van der Waals surface area (Å²) < 4.78 is 0. The van der Waals surface area contributed by atoms with Crippen molar-refractivity contribution in [3.05, 3.63) is 57.4 Å².